The zero-order valence-electron chi connectivity index (χ0n) is 13.2. The van der Waals surface area contributed by atoms with Crippen molar-refractivity contribution >= 4 is 16.1 Å². The van der Waals surface area contributed by atoms with Gasteiger partial charge in [-0.25, -0.2) is 0 Å². The third-order valence-corrected chi connectivity index (χ3v) is 4.16. The van der Waals surface area contributed by atoms with Gasteiger partial charge in [0.25, 0.3) is 0 Å². The summed E-state index contributed by atoms with van der Waals surface area (Å²) in [6.07, 6.45) is 0. The lowest BCUT2D eigenvalue weighted by Gasteiger charge is -2.07. The van der Waals surface area contributed by atoms with Crippen molar-refractivity contribution in [3.63, 3.8) is 0 Å². The van der Waals surface area contributed by atoms with Crippen LogP contribution in [0.3, 0.4) is 0 Å². The van der Waals surface area contributed by atoms with Crippen LogP contribution >= 0.6 is 0 Å². The monoisotopic (exact) mass is 284 g/mol. The Kier molecular flexibility index (Phi) is 4.85. The average molecular weight is 285 g/mol. The van der Waals surface area contributed by atoms with Gasteiger partial charge in [0, 0.05) is 11.1 Å². The van der Waals surface area contributed by atoms with Gasteiger partial charge in [-0.2, -0.15) is 0 Å². The van der Waals surface area contributed by atoms with Crippen LogP contribution in [0.4, 0.5) is 0 Å². The summed E-state index contributed by atoms with van der Waals surface area (Å²) in [5.41, 5.74) is 10.3. The van der Waals surface area contributed by atoms with Gasteiger partial charge in [-0.15, -0.1) is 11.1 Å². The molecule has 0 aliphatic heterocycles. The molecular weight excluding hydrogens is 260 g/mol. The fourth-order valence-electron chi connectivity index (χ4n) is 1.44. The molecule has 0 saturated heterocycles. The second-order valence-corrected chi connectivity index (χ2v) is 16.5. The Morgan fingerprint density at radius 2 is 1.32 bits per heavy atom. The van der Waals surface area contributed by atoms with Crippen molar-refractivity contribution in [2.75, 3.05) is 0 Å². The lowest BCUT2D eigenvalue weighted by Crippen LogP contribution is -2.17. The summed E-state index contributed by atoms with van der Waals surface area (Å²) in [5, 5.41) is 0. The van der Waals surface area contributed by atoms with Gasteiger partial charge in [0.2, 0.25) is 0 Å². The molecule has 0 heterocycles. The molecule has 0 aliphatic rings. The molecule has 100 valence electrons. The number of benzene rings is 1. The van der Waals surface area contributed by atoms with Gasteiger partial charge in [0.15, 0.2) is 0 Å². The van der Waals surface area contributed by atoms with Gasteiger partial charge in [-0.05, 0) is 18.6 Å². The van der Waals surface area contributed by atoms with E-state index in [2.05, 4.69) is 87.3 Å². The van der Waals surface area contributed by atoms with Crippen molar-refractivity contribution < 1.29 is 0 Å². The van der Waals surface area contributed by atoms with E-state index < -0.39 is 16.1 Å². The van der Waals surface area contributed by atoms with E-state index in [0.717, 1.165) is 11.1 Å². The molecule has 0 amide bonds. The first-order valence-corrected chi connectivity index (χ1v) is 13.7. The average Bonchev–Trinajstić information content (AvgIpc) is 2.22. The van der Waals surface area contributed by atoms with E-state index >= 15 is 0 Å². The summed E-state index contributed by atoms with van der Waals surface area (Å²) in [7, 11) is -2.69. The van der Waals surface area contributed by atoms with Crippen molar-refractivity contribution in [2.45, 2.75) is 46.2 Å². The van der Waals surface area contributed by atoms with E-state index in [9.17, 15) is 0 Å². The van der Waals surface area contributed by atoms with Crippen LogP contribution in [0.1, 0.15) is 16.7 Å². The summed E-state index contributed by atoms with van der Waals surface area (Å²) in [4.78, 5) is 0. The lowest BCUT2D eigenvalue weighted by atomic mass is 10.0. The molecule has 2 heteroatoms. The van der Waals surface area contributed by atoms with Gasteiger partial charge in [-0.1, -0.05) is 63.3 Å². The maximum absolute atomic E-state index is 3.45. The first-order chi connectivity index (χ1) is 8.58. The molecule has 0 saturated carbocycles. The van der Waals surface area contributed by atoms with Crippen molar-refractivity contribution in [2.24, 2.45) is 0 Å². The molecular formula is C17H24Si2. The van der Waals surface area contributed by atoms with Crippen LogP contribution in [-0.2, 0) is 0 Å². The second-order valence-electron chi connectivity index (χ2n) is 7.00. The van der Waals surface area contributed by atoms with Crippen LogP contribution in [-0.4, -0.2) is 16.1 Å². The largest absolute Gasteiger partial charge is 0.129 e. The molecule has 1 rings (SSSR count). The lowest BCUT2D eigenvalue weighted by molar-refractivity contribution is 1.42. The standard InChI is InChI=1S/C17H24Si2/c1-15-9-8-10-16(11-13-18(2,3)4)17(15)12-14-19(5,6)7/h8-10H,1-7H3. The Balaban J connectivity index is 3.30. The highest BCUT2D eigenvalue weighted by molar-refractivity contribution is 6.84. The van der Waals surface area contributed by atoms with Crippen molar-refractivity contribution in [1.82, 2.24) is 0 Å². The minimum Gasteiger partial charge on any atom is -0.127 e. The molecule has 0 spiro atoms. The van der Waals surface area contributed by atoms with Crippen molar-refractivity contribution in [3.05, 3.63) is 34.9 Å². The minimum atomic E-state index is -1.35. The third-order valence-electron chi connectivity index (χ3n) is 2.41. The molecule has 0 unspecified atom stereocenters. The van der Waals surface area contributed by atoms with E-state index in [-0.39, 0.29) is 0 Å². The molecule has 0 aromatic heterocycles. The molecule has 0 atom stereocenters. The number of aryl methyl sites for hydroxylation is 1. The van der Waals surface area contributed by atoms with Crippen LogP contribution in [0.25, 0.3) is 0 Å². The number of hydrogen-bond acceptors (Lipinski definition) is 0. The molecule has 0 aliphatic carbocycles. The molecule has 0 fully saturated rings. The van der Waals surface area contributed by atoms with Gasteiger partial charge in [-0.3, -0.25) is 0 Å². The summed E-state index contributed by atoms with van der Waals surface area (Å²) in [6.45, 7) is 15.7. The first kappa shape index (κ1) is 15.8. The van der Waals surface area contributed by atoms with Crippen LogP contribution in [0, 0.1) is 29.9 Å². The molecule has 0 N–H and O–H groups in total. The summed E-state index contributed by atoms with van der Waals surface area (Å²) in [6, 6.07) is 6.28. The minimum absolute atomic E-state index is 1.09. The zero-order chi connectivity index (χ0) is 14.7. The molecule has 1 aromatic rings. The fourth-order valence-corrected chi connectivity index (χ4v) is 2.45. The molecule has 1 aromatic carbocycles. The highest BCUT2D eigenvalue weighted by atomic mass is 28.3. The van der Waals surface area contributed by atoms with E-state index in [4.69, 9.17) is 0 Å². The van der Waals surface area contributed by atoms with Crippen LogP contribution < -0.4 is 0 Å². The fraction of sp³-hybridized carbons (Fsp3) is 0.412. The Morgan fingerprint density at radius 3 is 1.84 bits per heavy atom. The Morgan fingerprint density at radius 1 is 0.789 bits per heavy atom. The molecule has 0 nitrogen and oxygen atoms in total. The van der Waals surface area contributed by atoms with Gasteiger partial charge in [0.05, 0.1) is 0 Å². The first-order valence-electron chi connectivity index (χ1n) is 6.74. The molecule has 0 bridgehead atoms. The summed E-state index contributed by atoms with van der Waals surface area (Å²) in [5.74, 6) is 6.74. The predicted octanol–water partition coefficient (Wildman–Crippen LogP) is 4.45. The normalized spacial score (nSPS) is 11.1. The van der Waals surface area contributed by atoms with E-state index in [1.54, 1.807) is 0 Å². The topological polar surface area (TPSA) is 0 Å². The molecule has 0 radical (unpaired) electrons. The SMILES string of the molecule is Cc1cccc(C#C[Si](C)(C)C)c1C#C[Si](C)(C)C. The van der Waals surface area contributed by atoms with Crippen molar-refractivity contribution in [3.8, 4) is 22.9 Å². The third kappa shape index (κ3) is 5.97. The Bertz CT molecular complexity index is 576. The summed E-state index contributed by atoms with van der Waals surface area (Å²) < 4.78 is 0. The highest BCUT2D eigenvalue weighted by Crippen LogP contribution is 2.13. The van der Waals surface area contributed by atoms with Gasteiger partial charge < -0.3 is 0 Å². The molecule has 19 heavy (non-hydrogen) atoms. The van der Waals surface area contributed by atoms with E-state index in [1.807, 2.05) is 0 Å². The van der Waals surface area contributed by atoms with E-state index in [0.29, 0.717) is 0 Å². The quantitative estimate of drug-likeness (QED) is 0.487. The van der Waals surface area contributed by atoms with Crippen LogP contribution in [0.5, 0.6) is 0 Å². The Hall–Kier alpha value is -1.23. The predicted molar refractivity (Wildman–Crippen MR) is 91.6 cm³/mol. The zero-order valence-corrected chi connectivity index (χ0v) is 15.2. The summed E-state index contributed by atoms with van der Waals surface area (Å²) >= 11 is 0. The second kappa shape index (κ2) is 5.82. The van der Waals surface area contributed by atoms with Crippen LogP contribution in [0.2, 0.25) is 39.3 Å². The Labute approximate surface area is 120 Å². The van der Waals surface area contributed by atoms with Crippen LogP contribution in [0.15, 0.2) is 18.2 Å². The van der Waals surface area contributed by atoms with Gasteiger partial charge >= 0.3 is 0 Å². The maximum Gasteiger partial charge on any atom is 0.129 e. The highest BCUT2D eigenvalue weighted by Gasteiger charge is 2.10. The smallest absolute Gasteiger partial charge is 0.127 e. The van der Waals surface area contributed by atoms with Gasteiger partial charge in [0.1, 0.15) is 16.1 Å². The van der Waals surface area contributed by atoms with Crippen molar-refractivity contribution in [1.29, 1.82) is 0 Å². The van der Waals surface area contributed by atoms with E-state index in [1.165, 1.54) is 5.56 Å². The number of rotatable bonds is 0. The number of hydrogen-bond donors (Lipinski definition) is 0. The maximum atomic E-state index is 3.45.